The average Bonchev–Trinajstić information content (AvgIpc) is 3.02. The second-order valence-corrected chi connectivity index (χ2v) is 6.46. The smallest absolute Gasteiger partial charge is 0.239 e. The van der Waals surface area contributed by atoms with Crippen LogP contribution in [-0.2, 0) is 16.1 Å². The minimum absolute atomic E-state index is 0.0243. The van der Waals surface area contributed by atoms with Gasteiger partial charge in [0.15, 0.2) is 0 Å². The fourth-order valence-electron chi connectivity index (χ4n) is 3.02. The van der Waals surface area contributed by atoms with E-state index >= 15 is 0 Å². The molecule has 0 bridgehead atoms. The van der Waals surface area contributed by atoms with Crippen LogP contribution >= 0.6 is 0 Å². The zero-order valence-corrected chi connectivity index (χ0v) is 15.0. The van der Waals surface area contributed by atoms with E-state index in [0.717, 1.165) is 30.7 Å². The highest BCUT2D eigenvalue weighted by molar-refractivity contribution is 5.83. The van der Waals surface area contributed by atoms with Gasteiger partial charge >= 0.3 is 0 Å². The number of methoxy groups -OCH3 is 1. The Kier molecular flexibility index (Phi) is 6.20. The summed E-state index contributed by atoms with van der Waals surface area (Å²) in [6.07, 6.45) is 1.78. The molecule has 1 aliphatic heterocycles. The van der Waals surface area contributed by atoms with Crippen LogP contribution in [0.15, 0.2) is 24.3 Å². The number of nitrogens with zero attached hydrogens (tertiary/aromatic N) is 3. The minimum atomic E-state index is -0.172. The molecule has 1 saturated heterocycles. The van der Waals surface area contributed by atoms with Crippen LogP contribution in [0.1, 0.15) is 18.4 Å². The third-order valence-electron chi connectivity index (χ3n) is 4.41. The third-order valence-corrected chi connectivity index (χ3v) is 4.41. The van der Waals surface area contributed by atoms with E-state index < -0.39 is 0 Å². The number of benzene rings is 1. The second kappa shape index (κ2) is 8.15. The number of carbonyl (C=O) groups excluding carboxylic acids is 2. The Morgan fingerprint density at radius 1 is 1.29 bits per heavy atom. The number of hydrogen-bond acceptors (Lipinski definition) is 4. The number of amides is 2. The first kappa shape index (κ1) is 18.3. The van der Waals surface area contributed by atoms with Crippen LogP contribution in [-0.4, -0.2) is 73.9 Å². The number of likely N-dealkylation sites (tertiary alicyclic amines) is 1. The van der Waals surface area contributed by atoms with Gasteiger partial charge in [0.2, 0.25) is 11.8 Å². The second-order valence-electron chi connectivity index (χ2n) is 6.46. The number of likely N-dealkylation sites (N-methyl/N-ethyl adjacent to an activating group) is 2. The van der Waals surface area contributed by atoms with E-state index in [9.17, 15) is 9.59 Å². The quantitative estimate of drug-likeness (QED) is 0.785. The van der Waals surface area contributed by atoms with Crippen molar-refractivity contribution >= 4 is 11.8 Å². The predicted molar refractivity (Wildman–Crippen MR) is 92.8 cm³/mol. The molecule has 1 aromatic rings. The van der Waals surface area contributed by atoms with Crippen molar-refractivity contribution in [3.8, 4) is 5.75 Å². The zero-order valence-electron chi connectivity index (χ0n) is 15.0. The average molecular weight is 333 g/mol. The van der Waals surface area contributed by atoms with E-state index in [0.29, 0.717) is 6.54 Å². The van der Waals surface area contributed by atoms with Crippen LogP contribution in [0.5, 0.6) is 5.75 Å². The van der Waals surface area contributed by atoms with Gasteiger partial charge in [0.1, 0.15) is 5.75 Å². The van der Waals surface area contributed by atoms with Crippen molar-refractivity contribution in [2.24, 2.45) is 0 Å². The monoisotopic (exact) mass is 333 g/mol. The van der Waals surface area contributed by atoms with Gasteiger partial charge in [-0.3, -0.25) is 14.5 Å². The maximum absolute atomic E-state index is 12.5. The fraction of sp³-hybridized carbons (Fsp3) is 0.556. The first-order chi connectivity index (χ1) is 11.4. The van der Waals surface area contributed by atoms with E-state index in [1.807, 2.05) is 29.2 Å². The Morgan fingerprint density at radius 2 is 2.04 bits per heavy atom. The van der Waals surface area contributed by atoms with E-state index in [2.05, 4.69) is 0 Å². The molecule has 6 heteroatoms. The molecular formula is C18H27N3O3. The summed E-state index contributed by atoms with van der Waals surface area (Å²) in [4.78, 5) is 30.0. The molecule has 2 rings (SSSR count). The molecule has 24 heavy (non-hydrogen) atoms. The van der Waals surface area contributed by atoms with Gasteiger partial charge in [0, 0.05) is 27.7 Å². The zero-order chi connectivity index (χ0) is 17.7. The molecule has 0 aromatic heterocycles. The van der Waals surface area contributed by atoms with Gasteiger partial charge in [-0.25, -0.2) is 0 Å². The van der Waals surface area contributed by atoms with Crippen LogP contribution < -0.4 is 4.74 Å². The number of carbonyl (C=O) groups is 2. The Morgan fingerprint density at radius 3 is 2.71 bits per heavy atom. The maximum atomic E-state index is 12.5. The molecule has 6 nitrogen and oxygen atoms in total. The largest absolute Gasteiger partial charge is 0.497 e. The van der Waals surface area contributed by atoms with Gasteiger partial charge in [0.05, 0.1) is 19.7 Å². The molecule has 2 amide bonds. The normalized spacial score (nSPS) is 17.6. The summed E-state index contributed by atoms with van der Waals surface area (Å²) in [7, 11) is 6.94. The molecule has 1 heterocycles. The Hall–Kier alpha value is -2.08. The molecular weight excluding hydrogens is 306 g/mol. The number of rotatable bonds is 6. The number of hydrogen-bond donors (Lipinski definition) is 0. The highest BCUT2D eigenvalue weighted by Crippen LogP contribution is 2.19. The standard InChI is InChI=1S/C18H27N3O3/c1-19(2)18(23)16-9-6-10-21(16)13-17(22)20(3)12-14-7-5-8-15(11-14)24-4/h5,7-8,11,16H,6,9-10,12-13H2,1-4H3. The molecule has 0 N–H and O–H groups in total. The highest BCUT2D eigenvalue weighted by atomic mass is 16.5. The summed E-state index contributed by atoms with van der Waals surface area (Å²) >= 11 is 0. The van der Waals surface area contributed by atoms with Crippen LogP contribution in [0.25, 0.3) is 0 Å². The lowest BCUT2D eigenvalue weighted by Crippen LogP contribution is -2.46. The molecule has 0 saturated carbocycles. The summed E-state index contributed by atoms with van der Waals surface area (Å²) in [6, 6.07) is 7.53. The van der Waals surface area contributed by atoms with Crippen molar-refractivity contribution < 1.29 is 14.3 Å². The minimum Gasteiger partial charge on any atom is -0.497 e. The lowest BCUT2D eigenvalue weighted by atomic mass is 10.2. The molecule has 1 atom stereocenters. The summed E-state index contributed by atoms with van der Waals surface area (Å²) in [6.45, 7) is 1.60. The van der Waals surface area contributed by atoms with E-state index in [4.69, 9.17) is 4.74 Å². The van der Waals surface area contributed by atoms with Crippen molar-refractivity contribution in [1.29, 1.82) is 0 Å². The third kappa shape index (κ3) is 4.47. The molecule has 1 aromatic carbocycles. The lowest BCUT2D eigenvalue weighted by Gasteiger charge is -2.27. The molecule has 1 aliphatic rings. The van der Waals surface area contributed by atoms with Crippen LogP contribution in [0.4, 0.5) is 0 Å². The molecule has 0 spiro atoms. The van der Waals surface area contributed by atoms with E-state index in [1.54, 1.807) is 38.1 Å². The fourth-order valence-corrected chi connectivity index (χ4v) is 3.02. The van der Waals surface area contributed by atoms with Crippen molar-refractivity contribution in [1.82, 2.24) is 14.7 Å². The summed E-state index contributed by atoms with van der Waals surface area (Å²) in [5.41, 5.74) is 1.02. The van der Waals surface area contributed by atoms with Gasteiger partial charge in [-0.05, 0) is 37.1 Å². The SMILES string of the molecule is COc1cccc(CN(C)C(=O)CN2CCCC2C(=O)N(C)C)c1. The molecule has 0 aliphatic carbocycles. The van der Waals surface area contributed by atoms with Crippen LogP contribution in [0.3, 0.4) is 0 Å². The lowest BCUT2D eigenvalue weighted by molar-refractivity contribution is -0.136. The number of ether oxygens (including phenoxy) is 1. The van der Waals surface area contributed by atoms with Crippen LogP contribution in [0.2, 0.25) is 0 Å². The summed E-state index contributed by atoms with van der Waals surface area (Å²) in [5.74, 6) is 0.886. The van der Waals surface area contributed by atoms with Gasteiger partial charge in [0.25, 0.3) is 0 Å². The van der Waals surface area contributed by atoms with Gasteiger partial charge in [-0.2, -0.15) is 0 Å². The first-order valence-electron chi connectivity index (χ1n) is 8.24. The Balaban J connectivity index is 1.94. The summed E-state index contributed by atoms with van der Waals surface area (Å²) < 4.78 is 5.21. The van der Waals surface area contributed by atoms with Gasteiger partial charge < -0.3 is 14.5 Å². The van der Waals surface area contributed by atoms with E-state index in [1.165, 1.54) is 0 Å². The maximum Gasteiger partial charge on any atom is 0.239 e. The molecule has 0 radical (unpaired) electrons. The highest BCUT2D eigenvalue weighted by Gasteiger charge is 2.33. The first-order valence-corrected chi connectivity index (χ1v) is 8.24. The molecule has 132 valence electrons. The van der Waals surface area contributed by atoms with Crippen molar-refractivity contribution in [3.05, 3.63) is 29.8 Å². The van der Waals surface area contributed by atoms with Crippen molar-refractivity contribution in [3.63, 3.8) is 0 Å². The van der Waals surface area contributed by atoms with E-state index in [-0.39, 0.29) is 24.4 Å². The van der Waals surface area contributed by atoms with Gasteiger partial charge in [-0.1, -0.05) is 12.1 Å². The topological polar surface area (TPSA) is 53.1 Å². The Labute approximate surface area is 144 Å². The Bertz CT molecular complexity index is 589. The van der Waals surface area contributed by atoms with Gasteiger partial charge in [-0.15, -0.1) is 0 Å². The molecule has 1 unspecified atom stereocenters. The van der Waals surface area contributed by atoms with Crippen molar-refractivity contribution in [2.45, 2.75) is 25.4 Å². The van der Waals surface area contributed by atoms with Crippen molar-refractivity contribution in [2.75, 3.05) is 41.3 Å². The van der Waals surface area contributed by atoms with Crippen LogP contribution in [0, 0.1) is 0 Å². The summed E-state index contributed by atoms with van der Waals surface area (Å²) in [5, 5.41) is 0. The predicted octanol–water partition coefficient (Wildman–Crippen LogP) is 1.21. The molecule has 1 fully saturated rings.